The molecule has 8 nitrogen and oxygen atoms in total. The Kier molecular flexibility index (Phi) is 9.92. The van der Waals surface area contributed by atoms with Crippen molar-refractivity contribution in [1.29, 1.82) is 0 Å². The molecule has 1 aliphatic rings. The smallest absolute Gasteiger partial charge is 0.414 e. The maximum atomic E-state index is 9.10. The Hall–Kier alpha value is -4.04. The van der Waals surface area contributed by atoms with Gasteiger partial charge in [0.15, 0.2) is 11.5 Å². The number of hydrogen-bond acceptors (Lipinski definition) is 6. The molecular weight excluding hydrogens is 472 g/mol. The van der Waals surface area contributed by atoms with Crippen LogP contribution in [0.2, 0.25) is 0 Å². The monoisotopic (exact) mass is 506 g/mol. The van der Waals surface area contributed by atoms with Crippen molar-refractivity contribution >= 4 is 17.6 Å². The lowest BCUT2D eigenvalue weighted by Gasteiger charge is -2.37. The zero-order chi connectivity index (χ0) is 26.8. The molecule has 37 heavy (non-hydrogen) atoms. The number of hydrogen-bond donors (Lipinski definition) is 2. The van der Waals surface area contributed by atoms with Gasteiger partial charge in [-0.1, -0.05) is 48.5 Å². The zero-order valence-corrected chi connectivity index (χ0v) is 21.5. The molecule has 1 heterocycles. The summed E-state index contributed by atoms with van der Waals surface area (Å²) in [6.45, 7) is 10.1. The summed E-state index contributed by atoms with van der Waals surface area (Å²) >= 11 is 0. The number of carboxylic acid groups (broad SMARTS) is 2. The van der Waals surface area contributed by atoms with Gasteiger partial charge in [0.05, 0.1) is 7.11 Å². The lowest BCUT2D eigenvalue weighted by atomic mass is 10.1. The molecule has 196 valence electrons. The fraction of sp³-hybridized carbons (Fsp3) is 0.310. The molecule has 8 heteroatoms. The fourth-order valence-electron chi connectivity index (χ4n) is 4.15. The van der Waals surface area contributed by atoms with Crippen LogP contribution in [0.15, 0.2) is 66.7 Å². The molecule has 0 bridgehead atoms. The summed E-state index contributed by atoms with van der Waals surface area (Å²) in [4.78, 5) is 23.2. The first-order chi connectivity index (χ1) is 17.8. The fourth-order valence-corrected chi connectivity index (χ4v) is 4.15. The topological polar surface area (TPSA) is 99.5 Å². The first-order valence-electron chi connectivity index (χ1n) is 12.1. The normalized spacial score (nSPS) is 13.3. The van der Waals surface area contributed by atoms with E-state index in [4.69, 9.17) is 29.3 Å². The highest BCUT2D eigenvalue weighted by Gasteiger charge is 2.19. The van der Waals surface area contributed by atoms with E-state index in [0.717, 1.165) is 49.8 Å². The summed E-state index contributed by atoms with van der Waals surface area (Å²) < 4.78 is 11.6. The Bertz CT molecular complexity index is 1180. The summed E-state index contributed by atoms with van der Waals surface area (Å²) in [5.74, 6) is -2.07. The molecule has 3 aromatic rings. The van der Waals surface area contributed by atoms with Crippen LogP contribution < -0.4 is 14.4 Å². The lowest BCUT2D eigenvalue weighted by molar-refractivity contribution is -0.159. The predicted molar refractivity (Wildman–Crippen MR) is 142 cm³/mol. The molecule has 0 spiro atoms. The van der Waals surface area contributed by atoms with Crippen LogP contribution in [-0.2, 0) is 22.7 Å². The highest BCUT2D eigenvalue weighted by molar-refractivity contribution is 6.27. The Labute approximate surface area is 217 Å². The van der Waals surface area contributed by atoms with Gasteiger partial charge < -0.3 is 24.6 Å². The predicted octanol–water partition coefficient (Wildman–Crippen LogP) is 4.37. The number of aliphatic carboxylic acids is 2. The van der Waals surface area contributed by atoms with Crippen LogP contribution in [0.25, 0.3) is 0 Å². The lowest BCUT2D eigenvalue weighted by Crippen LogP contribution is -2.46. The minimum Gasteiger partial charge on any atom is -0.493 e. The first-order valence-corrected chi connectivity index (χ1v) is 12.1. The molecule has 0 aromatic heterocycles. The van der Waals surface area contributed by atoms with E-state index in [-0.39, 0.29) is 0 Å². The molecule has 0 saturated carbocycles. The van der Waals surface area contributed by atoms with E-state index >= 15 is 0 Å². The van der Waals surface area contributed by atoms with Gasteiger partial charge >= 0.3 is 11.9 Å². The molecule has 0 radical (unpaired) electrons. The summed E-state index contributed by atoms with van der Waals surface area (Å²) in [5, 5.41) is 14.8. The molecule has 2 N–H and O–H groups in total. The van der Waals surface area contributed by atoms with Gasteiger partial charge in [-0.15, -0.1) is 0 Å². The Morgan fingerprint density at radius 3 is 2.11 bits per heavy atom. The first kappa shape index (κ1) is 27.5. The highest BCUT2D eigenvalue weighted by atomic mass is 16.5. The van der Waals surface area contributed by atoms with Gasteiger partial charge in [-0.05, 0) is 54.3 Å². The number of nitrogens with zero attached hydrogens (tertiary/aromatic N) is 2. The third kappa shape index (κ3) is 7.98. The number of benzene rings is 3. The zero-order valence-electron chi connectivity index (χ0n) is 21.5. The minimum absolute atomic E-state index is 0.539. The van der Waals surface area contributed by atoms with Crippen molar-refractivity contribution < 1.29 is 29.3 Å². The van der Waals surface area contributed by atoms with E-state index in [1.165, 1.54) is 22.4 Å². The molecule has 0 unspecified atom stereocenters. The highest BCUT2D eigenvalue weighted by Crippen LogP contribution is 2.30. The van der Waals surface area contributed by atoms with Crippen LogP contribution in [0, 0.1) is 13.8 Å². The van der Waals surface area contributed by atoms with Crippen molar-refractivity contribution in [3.63, 3.8) is 0 Å². The third-order valence-corrected chi connectivity index (χ3v) is 6.34. The average molecular weight is 507 g/mol. The molecule has 3 aromatic carbocycles. The van der Waals surface area contributed by atoms with Gasteiger partial charge in [0, 0.05) is 38.4 Å². The number of piperazine rings is 1. The number of carbonyl (C=O) groups is 2. The van der Waals surface area contributed by atoms with Crippen LogP contribution in [0.1, 0.15) is 22.3 Å². The van der Waals surface area contributed by atoms with Gasteiger partial charge in [-0.3, -0.25) is 4.90 Å². The Morgan fingerprint density at radius 1 is 0.811 bits per heavy atom. The maximum Gasteiger partial charge on any atom is 0.414 e. The number of anilines is 1. The molecule has 1 aliphatic heterocycles. The van der Waals surface area contributed by atoms with E-state index in [2.05, 4.69) is 66.1 Å². The second kappa shape index (κ2) is 13.3. The molecule has 0 amide bonds. The third-order valence-electron chi connectivity index (χ3n) is 6.34. The number of methoxy groups -OCH3 is 1. The summed E-state index contributed by atoms with van der Waals surface area (Å²) in [6, 6.07) is 23.1. The Morgan fingerprint density at radius 2 is 1.49 bits per heavy atom. The molecule has 0 aliphatic carbocycles. The van der Waals surface area contributed by atoms with E-state index in [0.29, 0.717) is 6.61 Å². The van der Waals surface area contributed by atoms with Gasteiger partial charge in [-0.25, -0.2) is 9.59 Å². The maximum absolute atomic E-state index is 9.10. The van der Waals surface area contributed by atoms with E-state index < -0.39 is 11.9 Å². The average Bonchev–Trinajstić information content (AvgIpc) is 2.91. The second-order valence-corrected chi connectivity index (χ2v) is 8.85. The summed E-state index contributed by atoms with van der Waals surface area (Å²) in [5.41, 5.74) is 6.54. The summed E-state index contributed by atoms with van der Waals surface area (Å²) in [6.07, 6.45) is 0. The van der Waals surface area contributed by atoms with E-state index in [9.17, 15) is 0 Å². The number of aryl methyl sites for hydroxylation is 1. The van der Waals surface area contributed by atoms with Crippen molar-refractivity contribution in [3.8, 4) is 11.5 Å². The largest absolute Gasteiger partial charge is 0.493 e. The van der Waals surface area contributed by atoms with Crippen molar-refractivity contribution in [2.24, 2.45) is 0 Å². The van der Waals surface area contributed by atoms with Crippen LogP contribution >= 0.6 is 0 Å². The summed E-state index contributed by atoms with van der Waals surface area (Å²) in [7, 11) is 1.71. The second-order valence-electron chi connectivity index (χ2n) is 8.85. The van der Waals surface area contributed by atoms with Gasteiger partial charge in [0.2, 0.25) is 0 Å². The Balaban J connectivity index is 0.000000568. The van der Waals surface area contributed by atoms with Gasteiger partial charge in [0.1, 0.15) is 6.61 Å². The quantitative estimate of drug-likeness (QED) is 0.456. The van der Waals surface area contributed by atoms with Crippen molar-refractivity contribution in [3.05, 3.63) is 89.0 Å². The molecule has 4 rings (SSSR count). The molecule has 1 saturated heterocycles. The standard InChI is InChI=1S/C27H32N2O2.C2H2O4/c1-21-8-7-11-25(22(21)2)29-16-14-28(15-17-29)19-24-12-13-26(27(18-24)30-3)31-20-23-9-5-4-6-10-23;3-1(4)2(5)6/h4-13,18H,14-17,19-20H2,1-3H3;(H,3,4)(H,5,6). The van der Waals surface area contributed by atoms with Crippen LogP contribution in [-0.4, -0.2) is 60.3 Å². The van der Waals surface area contributed by atoms with Crippen molar-refractivity contribution in [1.82, 2.24) is 4.90 Å². The van der Waals surface area contributed by atoms with Gasteiger partial charge in [0.25, 0.3) is 0 Å². The number of carboxylic acids is 2. The minimum atomic E-state index is -1.82. The van der Waals surface area contributed by atoms with Crippen LogP contribution in [0.5, 0.6) is 11.5 Å². The van der Waals surface area contributed by atoms with Crippen LogP contribution in [0.4, 0.5) is 5.69 Å². The molecular formula is C29H34N2O6. The van der Waals surface area contributed by atoms with E-state index in [1.54, 1.807) is 7.11 Å². The van der Waals surface area contributed by atoms with Crippen molar-refractivity contribution in [2.75, 3.05) is 38.2 Å². The van der Waals surface area contributed by atoms with E-state index in [1.807, 2.05) is 24.3 Å². The molecule has 0 atom stereocenters. The van der Waals surface area contributed by atoms with Crippen molar-refractivity contribution in [2.45, 2.75) is 27.0 Å². The number of rotatable bonds is 7. The van der Waals surface area contributed by atoms with Gasteiger partial charge in [-0.2, -0.15) is 0 Å². The molecule has 1 fully saturated rings. The number of ether oxygens (including phenoxy) is 2. The SMILES string of the molecule is COc1cc(CN2CCN(c3cccc(C)c3C)CC2)ccc1OCc1ccccc1.O=C(O)C(=O)O. The van der Waals surface area contributed by atoms with Crippen LogP contribution in [0.3, 0.4) is 0 Å².